The topological polar surface area (TPSA) is 29.5 Å². The Morgan fingerprint density at radius 3 is 2.86 bits per heavy atom. The van der Waals surface area contributed by atoms with Crippen LogP contribution in [0.3, 0.4) is 0 Å². The molecular formula is C17H26BrNO2. The summed E-state index contributed by atoms with van der Waals surface area (Å²) >= 11 is 3.48. The lowest BCUT2D eigenvalue weighted by Gasteiger charge is -2.34. The largest absolute Gasteiger partial charge is 0.463 e. The van der Waals surface area contributed by atoms with Gasteiger partial charge in [0.05, 0.1) is 6.61 Å². The van der Waals surface area contributed by atoms with Gasteiger partial charge in [-0.25, -0.2) is 4.79 Å². The van der Waals surface area contributed by atoms with Crippen LogP contribution >= 0.6 is 15.9 Å². The third-order valence-corrected chi connectivity index (χ3v) is 4.31. The van der Waals surface area contributed by atoms with Gasteiger partial charge >= 0.3 is 5.97 Å². The average Bonchev–Trinajstić information content (AvgIpc) is 2.49. The molecule has 1 aliphatic heterocycles. The minimum atomic E-state index is -0.239. The van der Waals surface area contributed by atoms with E-state index in [4.69, 9.17) is 4.74 Å². The molecule has 0 N–H and O–H groups in total. The molecule has 21 heavy (non-hydrogen) atoms. The highest BCUT2D eigenvalue weighted by atomic mass is 79.9. The molecule has 0 radical (unpaired) electrons. The van der Waals surface area contributed by atoms with Gasteiger partial charge < -0.3 is 4.74 Å². The van der Waals surface area contributed by atoms with Gasteiger partial charge in [-0.15, -0.1) is 0 Å². The van der Waals surface area contributed by atoms with Crippen molar-refractivity contribution in [1.82, 2.24) is 4.90 Å². The van der Waals surface area contributed by atoms with E-state index in [0.29, 0.717) is 12.6 Å². The van der Waals surface area contributed by atoms with Gasteiger partial charge in [-0.1, -0.05) is 46.7 Å². The fourth-order valence-electron chi connectivity index (χ4n) is 2.48. The van der Waals surface area contributed by atoms with E-state index in [0.717, 1.165) is 24.0 Å². The summed E-state index contributed by atoms with van der Waals surface area (Å²) in [5.41, 5.74) is 0. The van der Waals surface area contributed by atoms with Crippen molar-refractivity contribution in [3.8, 4) is 0 Å². The quantitative estimate of drug-likeness (QED) is 0.389. The lowest BCUT2D eigenvalue weighted by atomic mass is 9.99. The molecule has 0 aliphatic carbocycles. The number of ether oxygens (including phenoxy) is 1. The molecule has 3 nitrogen and oxygen atoms in total. The summed E-state index contributed by atoms with van der Waals surface area (Å²) in [6.07, 6.45) is 14.5. The molecule has 1 saturated heterocycles. The summed E-state index contributed by atoms with van der Waals surface area (Å²) in [7, 11) is 0. The van der Waals surface area contributed by atoms with Gasteiger partial charge in [-0.3, -0.25) is 4.90 Å². The van der Waals surface area contributed by atoms with E-state index in [9.17, 15) is 4.79 Å². The molecule has 1 heterocycles. The predicted octanol–water partition coefficient (Wildman–Crippen LogP) is 4.21. The Kier molecular flexibility index (Phi) is 9.35. The number of halogens is 1. The zero-order valence-electron chi connectivity index (χ0n) is 13.1. The summed E-state index contributed by atoms with van der Waals surface area (Å²) in [4.78, 5) is 13.8. The molecular weight excluding hydrogens is 330 g/mol. The fraction of sp³-hybridized carbons (Fsp3) is 0.588. The Morgan fingerprint density at radius 1 is 1.33 bits per heavy atom. The molecule has 1 fully saturated rings. The van der Waals surface area contributed by atoms with E-state index in [1.807, 2.05) is 26.0 Å². The number of esters is 1. The van der Waals surface area contributed by atoms with Crippen molar-refractivity contribution >= 4 is 21.9 Å². The third-order valence-electron chi connectivity index (χ3n) is 3.59. The Morgan fingerprint density at radius 2 is 2.14 bits per heavy atom. The third kappa shape index (κ3) is 7.63. The second kappa shape index (κ2) is 10.8. The summed E-state index contributed by atoms with van der Waals surface area (Å²) in [5, 5.41) is 0. The van der Waals surface area contributed by atoms with E-state index in [1.165, 1.54) is 19.3 Å². The van der Waals surface area contributed by atoms with Crippen LogP contribution in [0.5, 0.6) is 0 Å². The first-order chi connectivity index (χ1) is 10.2. The fourth-order valence-corrected chi connectivity index (χ4v) is 2.66. The summed E-state index contributed by atoms with van der Waals surface area (Å²) in [6, 6.07) is 0.526. The van der Waals surface area contributed by atoms with Crippen LogP contribution < -0.4 is 0 Å². The maximum atomic E-state index is 11.3. The number of carbonyl (C=O) groups excluding carboxylic acids is 1. The van der Waals surface area contributed by atoms with Crippen LogP contribution in [-0.4, -0.2) is 36.6 Å². The first kappa shape index (κ1) is 18.2. The van der Waals surface area contributed by atoms with Gasteiger partial charge in [-0.05, 0) is 39.7 Å². The highest BCUT2D eigenvalue weighted by Crippen LogP contribution is 2.20. The number of hydrogen-bond acceptors (Lipinski definition) is 3. The Labute approximate surface area is 136 Å². The van der Waals surface area contributed by atoms with Crippen molar-refractivity contribution in [2.45, 2.75) is 45.6 Å². The number of rotatable bonds is 7. The minimum absolute atomic E-state index is 0.239. The van der Waals surface area contributed by atoms with Crippen LogP contribution in [0, 0.1) is 0 Å². The maximum Gasteiger partial charge on any atom is 0.330 e. The van der Waals surface area contributed by atoms with Crippen molar-refractivity contribution in [3.63, 3.8) is 0 Å². The highest BCUT2D eigenvalue weighted by Gasteiger charge is 2.19. The molecule has 1 atom stereocenters. The number of hydrogen-bond donors (Lipinski definition) is 0. The van der Waals surface area contributed by atoms with E-state index >= 15 is 0 Å². The summed E-state index contributed by atoms with van der Waals surface area (Å²) in [5.74, 6) is -0.239. The normalized spacial score (nSPS) is 21.3. The van der Waals surface area contributed by atoms with Gasteiger partial charge in [-0.2, -0.15) is 0 Å². The van der Waals surface area contributed by atoms with Crippen molar-refractivity contribution in [1.29, 1.82) is 0 Å². The van der Waals surface area contributed by atoms with Crippen LogP contribution in [0.2, 0.25) is 0 Å². The van der Waals surface area contributed by atoms with E-state index in [-0.39, 0.29) is 5.97 Å². The Hall–Kier alpha value is -0.870. The maximum absolute atomic E-state index is 11.3. The molecule has 1 aliphatic rings. The van der Waals surface area contributed by atoms with Crippen molar-refractivity contribution in [3.05, 3.63) is 34.9 Å². The van der Waals surface area contributed by atoms with Crippen LogP contribution in [0.1, 0.15) is 39.5 Å². The van der Waals surface area contributed by atoms with Crippen LogP contribution in [-0.2, 0) is 9.53 Å². The second-order valence-corrected chi connectivity index (χ2v) is 6.03. The van der Waals surface area contributed by atoms with Gasteiger partial charge in [0.15, 0.2) is 0 Å². The number of nitrogens with zero attached hydrogens (tertiary/aromatic N) is 1. The molecule has 0 amide bonds. The van der Waals surface area contributed by atoms with Gasteiger partial charge in [0, 0.05) is 23.1 Å². The first-order valence-electron chi connectivity index (χ1n) is 7.73. The zero-order chi connectivity index (χ0) is 15.5. The molecule has 118 valence electrons. The second-order valence-electron chi connectivity index (χ2n) is 5.11. The summed E-state index contributed by atoms with van der Waals surface area (Å²) in [6.45, 7) is 6.36. The van der Waals surface area contributed by atoms with Crippen LogP contribution in [0.15, 0.2) is 34.9 Å². The number of carbonyl (C=O) groups is 1. The van der Waals surface area contributed by atoms with Gasteiger partial charge in [0.2, 0.25) is 0 Å². The minimum Gasteiger partial charge on any atom is -0.463 e. The molecule has 0 aromatic rings. The molecule has 0 spiro atoms. The lowest BCUT2D eigenvalue weighted by Crippen LogP contribution is -2.39. The van der Waals surface area contributed by atoms with Crippen molar-refractivity contribution < 1.29 is 9.53 Å². The van der Waals surface area contributed by atoms with E-state index in [2.05, 4.69) is 33.0 Å². The lowest BCUT2D eigenvalue weighted by molar-refractivity contribution is -0.137. The number of likely N-dealkylation sites (tertiary alicyclic amines) is 1. The average molecular weight is 356 g/mol. The Bertz CT molecular complexity index is 402. The van der Waals surface area contributed by atoms with Crippen molar-refractivity contribution in [2.24, 2.45) is 0 Å². The summed E-state index contributed by atoms with van der Waals surface area (Å²) < 4.78 is 6.01. The van der Waals surface area contributed by atoms with Gasteiger partial charge in [0.25, 0.3) is 0 Å². The van der Waals surface area contributed by atoms with Crippen molar-refractivity contribution in [2.75, 3.05) is 19.7 Å². The molecule has 0 aromatic heterocycles. The smallest absolute Gasteiger partial charge is 0.330 e. The molecule has 0 aromatic carbocycles. The van der Waals surface area contributed by atoms with Gasteiger partial charge in [0.1, 0.15) is 0 Å². The standard InChI is InChI=1S/C17H26BrNO2/c1-3-15(18)9-8-14-19-13-6-5-10-16(19)11-7-12-17(20)21-4-2/h3,7-9,12,16H,4-6,10-11,13-14H2,1-2H3/b9-8+,12-7+,15-3-. The molecule has 1 rings (SSSR count). The van der Waals surface area contributed by atoms with E-state index < -0.39 is 0 Å². The number of piperidine rings is 1. The van der Waals surface area contributed by atoms with E-state index in [1.54, 1.807) is 6.08 Å². The number of allylic oxidation sites excluding steroid dienone is 3. The molecule has 1 unspecified atom stereocenters. The first-order valence-corrected chi connectivity index (χ1v) is 8.52. The Balaban J connectivity index is 2.45. The predicted molar refractivity (Wildman–Crippen MR) is 91.4 cm³/mol. The molecule has 0 saturated carbocycles. The molecule has 4 heteroatoms. The van der Waals surface area contributed by atoms with Crippen LogP contribution in [0.25, 0.3) is 0 Å². The SMILES string of the molecule is C/C=C(Br)/C=C/CN1CCCCC1C/C=C/C(=O)OCC. The molecule has 0 bridgehead atoms. The van der Waals surface area contributed by atoms with Crippen LogP contribution in [0.4, 0.5) is 0 Å². The zero-order valence-corrected chi connectivity index (χ0v) is 14.6. The monoisotopic (exact) mass is 355 g/mol. The highest BCUT2D eigenvalue weighted by molar-refractivity contribution is 9.11.